The molecule has 2 N–H and O–H groups in total. The Morgan fingerprint density at radius 2 is 1.80 bits per heavy atom. The molecule has 0 aliphatic rings. The molecule has 0 fully saturated rings. The molecule has 20 heavy (non-hydrogen) atoms. The number of benzene rings is 2. The predicted molar refractivity (Wildman–Crippen MR) is 83.7 cm³/mol. The summed E-state index contributed by atoms with van der Waals surface area (Å²) in [5, 5.41) is 0. The number of hydrogen-bond donors (Lipinski definition) is 1. The van der Waals surface area contributed by atoms with Gasteiger partial charge >= 0.3 is 0 Å². The summed E-state index contributed by atoms with van der Waals surface area (Å²) in [7, 11) is 0. The molecule has 0 saturated carbocycles. The first-order valence-electron chi connectivity index (χ1n) is 6.88. The van der Waals surface area contributed by atoms with Crippen LogP contribution in [-0.2, 0) is 6.42 Å². The molecule has 0 aliphatic heterocycles. The lowest BCUT2D eigenvalue weighted by Gasteiger charge is -2.14. The molecule has 0 aromatic heterocycles. The number of aryl methyl sites for hydroxylation is 1. The fourth-order valence-electron chi connectivity index (χ4n) is 2.03. The van der Waals surface area contributed by atoms with Crippen molar-refractivity contribution in [2.24, 2.45) is 5.73 Å². The number of hydrogen-bond acceptors (Lipinski definition) is 2. The molecule has 0 spiro atoms. The van der Waals surface area contributed by atoms with Crippen molar-refractivity contribution in [2.45, 2.75) is 42.5 Å². The van der Waals surface area contributed by atoms with E-state index < -0.39 is 0 Å². The Bertz CT molecular complexity index is 583. The van der Waals surface area contributed by atoms with E-state index in [0.717, 1.165) is 21.8 Å². The number of rotatable bonds is 5. The molecule has 0 amide bonds. The molecule has 1 nitrogen and oxygen atoms in total. The maximum Gasteiger partial charge on any atom is 0.127 e. The van der Waals surface area contributed by atoms with Crippen LogP contribution in [0.2, 0.25) is 0 Å². The Morgan fingerprint density at radius 3 is 2.50 bits per heavy atom. The lowest BCUT2D eigenvalue weighted by Crippen LogP contribution is -2.22. The lowest BCUT2D eigenvalue weighted by molar-refractivity contribution is 0.571. The molecule has 0 saturated heterocycles. The maximum atomic E-state index is 14.1. The Morgan fingerprint density at radius 1 is 1.10 bits per heavy atom. The van der Waals surface area contributed by atoms with Crippen LogP contribution >= 0.6 is 11.8 Å². The summed E-state index contributed by atoms with van der Waals surface area (Å²) < 4.78 is 14.1. The van der Waals surface area contributed by atoms with Gasteiger partial charge in [0.25, 0.3) is 0 Å². The highest BCUT2D eigenvalue weighted by molar-refractivity contribution is 7.99. The van der Waals surface area contributed by atoms with Crippen molar-refractivity contribution in [2.75, 3.05) is 0 Å². The quantitative estimate of drug-likeness (QED) is 0.873. The lowest BCUT2D eigenvalue weighted by atomic mass is 10.0. The topological polar surface area (TPSA) is 26.0 Å². The second-order valence-electron chi connectivity index (χ2n) is 4.96. The van der Waals surface area contributed by atoms with Gasteiger partial charge in [-0.2, -0.15) is 0 Å². The van der Waals surface area contributed by atoms with Gasteiger partial charge in [0.1, 0.15) is 5.82 Å². The highest BCUT2D eigenvalue weighted by Gasteiger charge is 2.13. The highest BCUT2D eigenvalue weighted by atomic mass is 32.2. The van der Waals surface area contributed by atoms with Crippen LogP contribution in [-0.4, -0.2) is 6.04 Å². The summed E-state index contributed by atoms with van der Waals surface area (Å²) in [6.45, 7) is 4.10. The van der Waals surface area contributed by atoms with E-state index >= 15 is 0 Å². The van der Waals surface area contributed by atoms with Gasteiger partial charge in [-0.25, -0.2) is 4.39 Å². The van der Waals surface area contributed by atoms with Crippen molar-refractivity contribution in [1.29, 1.82) is 0 Å². The summed E-state index contributed by atoms with van der Waals surface area (Å²) in [5.74, 6) is -0.160. The fraction of sp³-hybridized carbons (Fsp3) is 0.294. The molecule has 3 heteroatoms. The van der Waals surface area contributed by atoms with Crippen molar-refractivity contribution < 1.29 is 4.39 Å². The molecule has 0 radical (unpaired) electrons. The fourth-order valence-corrected chi connectivity index (χ4v) is 3.09. The Kier molecular flexibility index (Phi) is 5.21. The van der Waals surface area contributed by atoms with E-state index in [4.69, 9.17) is 5.73 Å². The van der Waals surface area contributed by atoms with Crippen molar-refractivity contribution in [3.05, 3.63) is 59.4 Å². The predicted octanol–water partition coefficient (Wildman–Crippen LogP) is 4.57. The van der Waals surface area contributed by atoms with E-state index in [1.165, 1.54) is 11.6 Å². The van der Waals surface area contributed by atoms with E-state index in [-0.39, 0.29) is 11.9 Å². The van der Waals surface area contributed by atoms with Crippen molar-refractivity contribution >= 4 is 11.8 Å². The van der Waals surface area contributed by atoms with Gasteiger partial charge in [0.2, 0.25) is 0 Å². The zero-order chi connectivity index (χ0) is 14.5. The van der Waals surface area contributed by atoms with Gasteiger partial charge in [0, 0.05) is 21.4 Å². The molecule has 2 aromatic carbocycles. The Hall–Kier alpha value is -1.32. The second-order valence-corrected chi connectivity index (χ2v) is 6.04. The largest absolute Gasteiger partial charge is 0.327 e. The molecule has 0 bridgehead atoms. The van der Waals surface area contributed by atoms with Crippen LogP contribution in [0.3, 0.4) is 0 Å². The van der Waals surface area contributed by atoms with Crippen LogP contribution in [0, 0.1) is 12.7 Å². The summed E-state index contributed by atoms with van der Waals surface area (Å²) >= 11 is 1.61. The van der Waals surface area contributed by atoms with Crippen molar-refractivity contribution in [1.82, 2.24) is 0 Å². The number of nitrogens with two attached hydrogens (primary N) is 1. The Labute approximate surface area is 124 Å². The van der Waals surface area contributed by atoms with Gasteiger partial charge in [-0.3, -0.25) is 0 Å². The average molecular weight is 289 g/mol. The van der Waals surface area contributed by atoms with Gasteiger partial charge in [-0.05, 0) is 43.5 Å². The zero-order valence-electron chi connectivity index (χ0n) is 11.9. The summed E-state index contributed by atoms with van der Waals surface area (Å²) in [4.78, 5) is 2.12. The van der Waals surface area contributed by atoms with Gasteiger partial charge in [0.15, 0.2) is 0 Å². The molecule has 0 aliphatic carbocycles. The third-order valence-corrected chi connectivity index (χ3v) is 4.66. The van der Waals surface area contributed by atoms with E-state index in [0.29, 0.717) is 6.42 Å². The van der Waals surface area contributed by atoms with Gasteiger partial charge in [-0.1, -0.05) is 43.0 Å². The minimum Gasteiger partial charge on any atom is -0.327 e. The highest BCUT2D eigenvalue weighted by Crippen LogP contribution is 2.34. The summed E-state index contributed by atoms with van der Waals surface area (Å²) in [5.41, 5.74) is 7.92. The van der Waals surface area contributed by atoms with E-state index in [9.17, 15) is 4.39 Å². The first-order chi connectivity index (χ1) is 9.61. The smallest absolute Gasteiger partial charge is 0.127 e. The first-order valence-corrected chi connectivity index (χ1v) is 7.70. The van der Waals surface area contributed by atoms with Crippen LogP contribution in [0.4, 0.5) is 4.39 Å². The van der Waals surface area contributed by atoms with E-state index in [2.05, 4.69) is 19.1 Å². The van der Waals surface area contributed by atoms with Gasteiger partial charge in [0.05, 0.1) is 0 Å². The summed E-state index contributed by atoms with van der Waals surface area (Å²) in [6.07, 6.45) is 1.43. The van der Waals surface area contributed by atoms with Crippen LogP contribution in [0.5, 0.6) is 0 Å². The van der Waals surface area contributed by atoms with E-state index in [1.807, 2.05) is 25.1 Å². The molecule has 106 valence electrons. The average Bonchev–Trinajstić information content (AvgIpc) is 2.44. The molecule has 0 heterocycles. The standard InChI is InChI=1S/C17H20FNS/c1-3-13(19)11-14-15(18)8-6-10-17(14)20-16-9-5-4-7-12(16)2/h4-10,13H,3,11,19H2,1-2H3. The zero-order valence-corrected chi connectivity index (χ0v) is 12.7. The van der Waals surface area contributed by atoms with E-state index in [1.54, 1.807) is 17.8 Å². The first kappa shape index (κ1) is 15.1. The van der Waals surface area contributed by atoms with Gasteiger partial charge < -0.3 is 5.73 Å². The molecule has 2 rings (SSSR count). The maximum absolute atomic E-state index is 14.1. The van der Waals surface area contributed by atoms with Gasteiger partial charge in [-0.15, -0.1) is 0 Å². The number of halogens is 1. The second kappa shape index (κ2) is 6.91. The molecule has 1 atom stereocenters. The van der Waals surface area contributed by atoms with Crippen molar-refractivity contribution in [3.8, 4) is 0 Å². The molecule has 1 unspecified atom stereocenters. The van der Waals surface area contributed by atoms with Crippen molar-refractivity contribution in [3.63, 3.8) is 0 Å². The molecular formula is C17H20FNS. The van der Waals surface area contributed by atoms with Crippen LogP contribution in [0.15, 0.2) is 52.3 Å². The minimum absolute atomic E-state index is 0.00289. The molecular weight excluding hydrogens is 269 g/mol. The normalized spacial score (nSPS) is 12.4. The Balaban J connectivity index is 2.32. The summed E-state index contributed by atoms with van der Waals surface area (Å²) in [6, 6.07) is 13.4. The minimum atomic E-state index is -0.160. The third-order valence-electron chi connectivity index (χ3n) is 3.38. The SMILES string of the molecule is CCC(N)Cc1c(F)cccc1Sc1ccccc1C. The third kappa shape index (κ3) is 3.62. The molecule has 2 aromatic rings. The van der Waals surface area contributed by atoms with Crippen LogP contribution < -0.4 is 5.73 Å². The monoisotopic (exact) mass is 289 g/mol. The van der Waals surface area contributed by atoms with Crippen LogP contribution in [0.25, 0.3) is 0 Å². The van der Waals surface area contributed by atoms with Crippen LogP contribution in [0.1, 0.15) is 24.5 Å².